The number of aromatic nitrogens is 1. The van der Waals surface area contributed by atoms with Crippen LogP contribution < -0.4 is 10.2 Å². The highest BCUT2D eigenvalue weighted by atomic mass is 32.2. The maximum Gasteiger partial charge on any atom is 0.407 e. The number of morpholine rings is 1. The average molecular weight is 481 g/mol. The number of rotatable bonds is 5. The molecule has 12 heteroatoms. The van der Waals surface area contributed by atoms with Gasteiger partial charge in [0, 0.05) is 31.6 Å². The predicted octanol–water partition coefficient (Wildman–Crippen LogP) is 2.15. The number of benzene rings is 1. The molecule has 0 saturated carbocycles. The van der Waals surface area contributed by atoms with Gasteiger partial charge in [0.15, 0.2) is 15.0 Å². The number of anilines is 2. The summed E-state index contributed by atoms with van der Waals surface area (Å²) in [5, 5.41) is 13.5. The predicted molar refractivity (Wildman–Crippen MR) is 119 cm³/mol. The molecule has 2 amide bonds. The molecular weight excluding hydrogens is 456 g/mol. The van der Waals surface area contributed by atoms with E-state index in [0.29, 0.717) is 26.3 Å². The Bertz CT molecular complexity index is 1090. The van der Waals surface area contributed by atoms with E-state index in [0.717, 1.165) is 5.13 Å². The van der Waals surface area contributed by atoms with E-state index in [4.69, 9.17) is 9.84 Å². The number of nitrogens with zero attached hydrogens (tertiary/aromatic N) is 3. The minimum atomic E-state index is -3.76. The summed E-state index contributed by atoms with van der Waals surface area (Å²) in [6.07, 6.45) is -0.620. The number of para-hydroxylation sites is 1. The molecule has 0 spiro atoms. The van der Waals surface area contributed by atoms with Gasteiger partial charge in [0.25, 0.3) is 5.91 Å². The number of carboxylic acid groups (broad SMARTS) is 1. The Hall–Kier alpha value is -2.70. The van der Waals surface area contributed by atoms with Crippen molar-refractivity contribution in [3.63, 3.8) is 0 Å². The fourth-order valence-electron chi connectivity index (χ4n) is 3.81. The van der Waals surface area contributed by atoms with Crippen LogP contribution in [0.3, 0.4) is 0 Å². The van der Waals surface area contributed by atoms with Gasteiger partial charge in [-0.3, -0.25) is 4.79 Å². The molecule has 0 atom stereocenters. The second-order valence-electron chi connectivity index (χ2n) is 7.58. The summed E-state index contributed by atoms with van der Waals surface area (Å²) in [5.74, 6) is -0.482. The van der Waals surface area contributed by atoms with Crippen molar-refractivity contribution >= 4 is 44.0 Å². The minimum absolute atomic E-state index is 0.0331. The van der Waals surface area contributed by atoms with Gasteiger partial charge in [-0.1, -0.05) is 12.1 Å². The maximum atomic E-state index is 13.3. The molecule has 2 aliphatic heterocycles. The van der Waals surface area contributed by atoms with Crippen molar-refractivity contribution in [1.82, 2.24) is 9.88 Å². The molecule has 0 aliphatic carbocycles. The molecule has 1 aromatic carbocycles. The number of hydrogen-bond donors (Lipinski definition) is 2. The number of carbonyl (C=O) groups excluding carboxylic acids is 1. The number of ether oxygens (including phenoxy) is 1. The molecule has 172 valence electrons. The molecule has 10 nitrogen and oxygen atoms in total. The molecule has 1 aromatic heterocycles. The summed E-state index contributed by atoms with van der Waals surface area (Å²) in [6, 6.07) is 6.28. The van der Waals surface area contributed by atoms with Gasteiger partial charge in [-0.2, -0.15) is 0 Å². The number of amides is 2. The van der Waals surface area contributed by atoms with Gasteiger partial charge in [0.05, 0.1) is 29.0 Å². The SMILES string of the molecule is O=C(Nc1ccccc1S(=O)(=O)C1CCN(C(=O)O)CC1)c1csc(N2CCOCC2)n1. The van der Waals surface area contributed by atoms with Gasteiger partial charge in [0.1, 0.15) is 5.69 Å². The summed E-state index contributed by atoms with van der Waals surface area (Å²) in [6.45, 7) is 2.95. The Balaban J connectivity index is 1.49. The Morgan fingerprint density at radius 3 is 2.50 bits per heavy atom. The first-order chi connectivity index (χ1) is 15.4. The lowest BCUT2D eigenvalue weighted by Gasteiger charge is -2.30. The van der Waals surface area contributed by atoms with E-state index in [1.54, 1.807) is 23.6 Å². The molecule has 32 heavy (non-hydrogen) atoms. The third kappa shape index (κ3) is 4.71. The summed E-state index contributed by atoms with van der Waals surface area (Å²) >= 11 is 1.36. The third-order valence-corrected chi connectivity index (χ3v) is 8.82. The summed E-state index contributed by atoms with van der Waals surface area (Å²) in [4.78, 5) is 31.6. The molecule has 2 fully saturated rings. The van der Waals surface area contributed by atoms with Crippen LogP contribution in [0.25, 0.3) is 0 Å². The normalized spacial score (nSPS) is 17.9. The first kappa shape index (κ1) is 22.5. The van der Waals surface area contributed by atoms with Gasteiger partial charge in [-0.05, 0) is 25.0 Å². The molecule has 2 N–H and O–H groups in total. The summed E-state index contributed by atoms with van der Waals surface area (Å²) in [7, 11) is -3.76. The largest absolute Gasteiger partial charge is 0.465 e. The number of carbonyl (C=O) groups is 2. The zero-order chi connectivity index (χ0) is 22.7. The number of hydrogen-bond acceptors (Lipinski definition) is 8. The Labute approximate surface area is 189 Å². The van der Waals surface area contributed by atoms with Gasteiger partial charge in [-0.25, -0.2) is 18.2 Å². The quantitative estimate of drug-likeness (QED) is 0.666. The molecule has 2 aromatic rings. The highest BCUT2D eigenvalue weighted by Crippen LogP contribution is 2.30. The first-order valence-corrected chi connectivity index (χ1v) is 12.7. The van der Waals surface area contributed by atoms with Crippen LogP contribution in [-0.4, -0.2) is 80.1 Å². The highest BCUT2D eigenvalue weighted by molar-refractivity contribution is 7.92. The zero-order valence-corrected chi connectivity index (χ0v) is 18.9. The van der Waals surface area contributed by atoms with Crippen LogP contribution in [0.1, 0.15) is 23.3 Å². The van der Waals surface area contributed by atoms with E-state index < -0.39 is 27.1 Å². The lowest BCUT2D eigenvalue weighted by Crippen LogP contribution is -2.41. The highest BCUT2D eigenvalue weighted by Gasteiger charge is 2.34. The van der Waals surface area contributed by atoms with Gasteiger partial charge >= 0.3 is 6.09 Å². The molecule has 4 rings (SSSR count). The van der Waals surface area contributed by atoms with Crippen LogP contribution in [-0.2, 0) is 14.6 Å². The molecule has 2 aliphatic rings. The number of piperidine rings is 1. The lowest BCUT2D eigenvalue weighted by atomic mass is 10.1. The second-order valence-corrected chi connectivity index (χ2v) is 10.6. The van der Waals surface area contributed by atoms with Crippen LogP contribution in [0.2, 0.25) is 0 Å². The fourth-order valence-corrected chi connectivity index (χ4v) is 6.55. The van der Waals surface area contributed by atoms with Crippen molar-refractivity contribution in [2.45, 2.75) is 23.0 Å². The standard InChI is InChI=1S/C20H24N4O6S2/c25-18(16-13-31-19(22-16)23-9-11-30-12-10-23)21-15-3-1-2-4-17(15)32(28,29)14-5-7-24(8-6-14)20(26)27/h1-4,13-14H,5-12H2,(H,21,25)(H,26,27). The zero-order valence-electron chi connectivity index (χ0n) is 17.3. The van der Waals surface area contributed by atoms with Crippen LogP contribution in [0.15, 0.2) is 34.5 Å². The van der Waals surface area contributed by atoms with Crippen LogP contribution in [0.5, 0.6) is 0 Å². The topological polar surface area (TPSA) is 129 Å². The van der Waals surface area contributed by atoms with E-state index in [9.17, 15) is 18.0 Å². The summed E-state index contributed by atoms with van der Waals surface area (Å²) in [5.41, 5.74) is 0.414. The number of sulfone groups is 1. The maximum absolute atomic E-state index is 13.3. The Morgan fingerprint density at radius 2 is 1.81 bits per heavy atom. The monoisotopic (exact) mass is 480 g/mol. The molecule has 0 bridgehead atoms. The third-order valence-electron chi connectivity index (χ3n) is 5.60. The van der Waals surface area contributed by atoms with Gasteiger partial charge in [0.2, 0.25) is 0 Å². The number of likely N-dealkylation sites (tertiary alicyclic amines) is 1. The lowest BCUT2D eigenvalue weighted by molar-refractivity contribution is 0.102. The Morgan fingerprint density at radius 1 is 1.12 bits per heavy atom. The minimum Gasteiger partial charge on any atom is -0.465 e. The van der Waals surface area contributed by atoms with Crippen LogP contribution >= 0.6 is 11.3 Å². The van der Waals surface area contributed by atoms with Crippen molar-refractivity contribution < 1.29 is 27.9 Å². The van der Waals surface area contributed by atoms with E-state index in [1.165, 1.54) is 22.3 Å². The first-order valence-electron chi connectivity index (χ1n) is 10.3. The van der Waals surface area contributed by atoms with Gasteiger partial charge < -0.3 is 25.0 Å². The van der Waals surface area contributed by atoms with Gasteiger partial charge in [-0.15, -0.1) is 11.3 Å². The average Bonchev–Trinajstić information content (AvgIpc) is 3.30. The smallest absolute Gasteiger partial charge is 0.407 e. The molecule has 2 saturated heterocycles. The number of thiazole rings is 1. The summed E-state index contributed by atoms with van der Waals surface area (Å²) < 4.78 is 31.9. The van der Waals surface area contributed by atoms with Crippen molar-refractivity contribution in [2.24, 2.45) is 0 Å². The molecular formula is C20H24N4O6S2. The van der Waals surface area contributed by atoms with E-state index in [2.05, 4.69) is 10.3 Å². The Kier molecular flexibility index (Phi) is 6.63. The molecule has 3 heterocycles. The van der Waals surface area contributed by atoms with Crippen molar-refractivity contribution in [3.8, 4) is 0 Å². The van der Waals surface area contributed by atoms with Crippen molar-refractivity contribution in [3.05, 3.63) is 35.3 Å². The van der Waals surface area contributed by atoms with E-state index in [-0.39, 0.29) is 42.2 Å². The fraction of sp³-hybridized carbons (Fsp3) is 0.450. The second kappa shape index (κ2) is 9.43. The van der Waals surface area contributed by atoms with Crippen LogP contribution in [0, 0.1) is 0 Å². The number of nitrogens with one attached hydrogen (secondary N) is 1. The molecule has 0 unspecified atom stereocenters. The van der Waals surface area contributed by atoms with Crippen molar-refractivity contribution in [2.75, 3.05) is 49.6 Å². The van der Waals surface area contributed by atoms with E-state index in [1.807, 2.05) is 4.90 Å². The van der Waals surface area contributed by atoms with E-state index >= 15 is 0 Å². The van der Waals surface area contributed by atoms with Crippen LogP contribution in [0.4, 0.5) is 15.6 Å². The molecule has 0 radical (unpaired) electrons. The van der Waals surface area contributed by atoms with Crippen molar-refractivity contribution in [1.29, 1.82) is 0 Å².